The number of likely N-dealkylation sites (tertiary alicyclic amines) is 1. The zero-order valence-corrected chi connectivity index (χ0v) is 10.5. The molecule has 1 saturated heterocycles. The van der Waals surface area contributed by atoms with Crippen LogP contribution in [0.3, 0.4) is 0 Å². The highest BCUT2D eigenvalue weighted by atomic mass is 15.2. The molecule has 1 atom stereocenters. The van der Waals surface area contributed by atoms with Gasteiger partial charge in [-0.15, -0.1) is 0 Å². The number of nitriles is 1. The average molecular weight is 220 g/mol. The van der Waals surface area contributed by atoms with E-state index in [0.29, 0.717) is 17.9 Å². The molecule has 1 unspecified atom stereocenters. The van der Waals surface area contributed by atoms with Gasteiger partial charge in [-0.2, -0.15) is 5.26 Å². The molecule has 2 heteroatoms. The number of hydrogen-bond acceptors (Lipinski definition) is 2. The first kappa shape index (κ1) is 11.9. The molecular weight excluding hydrogens is 196 g/mol. The molecule has 0 aromatic rings. The Labute approximate surface area is 99.6 Å². The second-order valence-electron chi connectivity index (χ2n) is 5.81. The lowest BCUT2D eigenvalue weighted by atomic mass is 9.68. The number of nitrogens with zero attached hydrogens (tertiary/aromatic N) is 2. The molecule has 1 aliphatic heterocycles. The topological polar surface area (TPSA) is 27.0 Å². The number of piperidine rings is 1. The Morgan fingerprint density at radius 1 is 1.12 bits per heavy atom. The quantitative estimate of drug-likeness (QED) is 0.713. The van der Waals surface area contributed by atoms with Gasteiger partial charge in [-0.1, -0.05) is 19.3 Å². The second-order valence-corrected chi connectivity index (χ2v) is 5.81. The Hall–Kier alpha value is -0.550. The summed E-state index contributed by atoms with van der Waals surface area (Å²) in [7, 11) is 0. The van der Waals surface area contributed by atoms with Crippen LogP contribution in [0.1, 0.15) is 58.3 Å². The molecule has 0 N–H and O–H groups in total. The van der Waals surface area contributed by atoms with Crippen molar-refractivity contribution < 1.29 is 0 Å². The molecule has 2 aliphatic rings. The van der Waals surface area contributed by atoms with Crippen LogP contribution in [0.25, 0.3) is 0 Å². The van der Waals surface area contributed by atoms with Gasteiger partial charge in [0.05, 0.1) is 12.5 Å². The van der Waals surface area contributed by atoms with Crippen LogP contribution in [0.5, 0.6) is 0 Å². The monoisotopic (exact) mass is 220 g/mol. The Morgan fingerprint density at radius 3 is 2.31 bits per heavy atom. The van der Waals surface area contributed by atoms with Crippen molar-refractivity contribution in [2.24, 2.45) is 5.41 Å². The first-order valence-corrected chi connectivity index (χ1v) is 6.87. The molecule has 1 aliphatic carbocycles. The highest BCUT2D eigenvalue weighted by molar-refractivity contribution is 4.90. The maximum absolute atomic E-state index is 8.73. The Bertz CT molecular complexity index is 250. The predicted molar refractivity (Wildman–Crippen MR) is 66.0 cm³/mol. The van der Waals surface area contributed by atoms with Crippen molar-refractivity contribution >= 4 is 0 Å². The van der Waals surface area contributed by atoms with Crippen LogP contribution >= 0.6 is 0 Å². The van der Waals surface area contributed by atoms with E-state index in [9.17, 15) is 0 Å². The molecule has 0 aromatic carbocycles. The van der Waals surface area contributed by atoms with E-state index < -0.39 is 0 Å². The molecule has 1 heterocycles. The summed E-state index contributed by atoms with van der Waals surface area (Å²) < 4.78 is 0. The van der Waals surface area contributed by atoms with Crippen molar-refractivity contribution in [2.45, 2.75) is 64.3 Å². The van der Waals surface area contributed by atoms with Crippen LogP contribution in [-0.4, -0.2) is 24.0 Å². The van der Waals surface area contributed by atoms with Crippen LogP contribution in [0.2, 0.25) is 0 Å². The van der Waals surface area contributed by atoms with E-state index in [-0.39, 0.29) is 0 Å². The average Bonchev–Trinajstić information content (AvgIpc) is 2.31. The molecule has 16 heavy (non-hydrogen) atoms. The zero-order valence-electron chi connectivity index (χ0n) is 10.5. The molecule has 0 radical (unpaired) electrons. The van der Waals surface area contributed by atoms with Crippen molar-refractivity contribution in [2.75, 3.05) is 13.1 Å². The van der Waals surface area contributed by atoms with Gasteiger partial charge in [0.2, 0.25) is 0 Å². The lowest BCUT2D eigenvalue weighted by Gasteiger charge is -2.45. The molecule has 0 aromatic heterocycles. The van der Waals surface area contributed by atoms with E-state index in [1.54, 1.807) is 0 Å². The molecule has 2 rings (SSSR count). The first-order chi connectivity index (χ1) is 7.76. The summed E-state index contributed by atoms with van der Waals surface area (Å²) in [6.45, 7) is 4.65. The van der Waals surface area contributed by atoms with Gasteiger partial charge in [0.25, 0.3) is 0 Å². The third kappa shape index (κ3) is 2.58. The van der Waals surface area contributed by atoms with E-state index in [0.717, 1.165) is 0 Å². The highest BCUT2D eigenvalue weighted by Gasteiger charge is 2.36. The lowest BCUT2D eigenvalue weighted by molar-refractivity contribution is 0.0500. The molecule has 2 nitrogen and oxygen atoms in total. The number of rotatable bonds is 2. The van der Waals surface area contributed by atoms with Gasteiger partial charge in [0.15, 0.2) is 0 Å². The summed E-state index contributed by atoms with van der Waals surface area (Å²) in [6, 6.07) is 2.76. The van der Waals surface area contributed by atoms with Crippen LogP contribution in [0.4, 0.5) is 0 Å². The van der Waals surface area contributed by atoms with Crippen molar-refractivity contribution in [1.29, 1.82) is 5.26 Å². The fraction of sp³-hybridized carbons (Fsp3) is 0.929. The van der Waals surface area contributed by atoms with Crippen LogP contribution in [0.15, 0.2) is 0 Å². The Kier molecular flexibility index (Phi) is 3.86. The van der Waals surface area contributed by atoms with Gasteiger partial charge < -0.3 is 0 Å². The molecule has 90 valence electrons. The molecule has 0 bridgehead atoms. The largest absolute Gasteiger partial charge is 0.300 e. The van der Waals surface area contributed by atoms with E-state index in [4.69, 9.17) is 5.26 Å². The summed E-state index contributed by atoms with van der Waals surface area (Å²) in [4.78, 5) is 2.52. The summed E-state index contributed by atoms with van der Waals surface area (Å²) in [5, 5.41) is 8.73. The van der Waals surface area contributed by atoms with Gasteiger partial charge in [-0.05, 0) is 51.1 Å². The maximum Gasteiger partial charge on any atom is 0.0638 e. The van der Waals surface area contributed by atoms with Crippen LogP contribution in [-0.2, 0) is 0 Å². The molecular formula is C14H24N2. The fourth-order valence-corrected chi connectivity index (χ4v) is 3.50. The summed E-state index contributed by atoms with van der Waals surface area (Å²) in [5.74, 6) is 0. The second kappa shape index (κ2) is 5.19. The molecule has 1 saturated carbocycles. The van der Waals surface area contributed by atoms with Crippen molar-refractivity contribution in [3.8, 4) is 6.07 Å². The summed E-state index contributed by atoms with van der Waals surface area (Å²) >= 11 is 0. The van der Waals surface area contributed by atoms with E-state index >= 15 is 0 Å². The van der Waals surface area contributed by atoms with Crippen LogP contribution < -0.4 is 0 Å². The normalized spacial score (nSPS) is 27.5. The third-order valence-electron chi connectivity index (χ3n) is 4.78. The van der Waals surface area contributed by atoms with Crippen LogP contribution in [0, 0.1) is 16.7 Å². The molecule has 2 fully saturated rings. The SMILES string of the molecule is CC(CC#N)N1CCC2(CCCCC2)CC1. The van der Waals surface area contributed by atoms with E-state index in [1.807, 2.05) is 0 Å². The van der Waals surface area contributed by atoms with Gasteiger partial charge in [-0.3, -0.25) is 4.90 Å². The minimum atomic E-state index is 0.464. The lowest BCUT2D eigenvalue weighted by Crippen LogP contribution is -2.44. The number of hydrogen-bond donors (Lipinski definition) is 0. The Morgan fingerprint density at radius 2 is 1.75 bits per heavy atom. The van der Waals surface area contributed by atoms with Gasteiger partial charge in [0, 0.05) is 6.04 Å². The summed E-state index contributed by atoms with van der Waals surface area (Å²) in [5.41, 5.74) is 0.696. The van der Waals surface area contributed by atoms with Gasteiger partial charge in [-0.25, -0.2) is 0 Å². The van der Waals surface area contributed by atoms with E-state index in [2.05, 4.69) is 17.9 Å². The van der Waals surface area contributed by atoms with Gasteiger partial charge >= 0.3 is 0 Å². The molecule has 1 spiro atoms. The predicted octanol–water partition coefficient (Wildman–Crippen LogP) is 3.33. The highest BCUT2D eigenvalue weighted by Crippen LogP contribution is 2.44. The standard InChI is InChI=1S/C14H24N2/c1-13(5-10-15)16-11-8-14(9-12-16)6-3-2-4-7-14/h13H,2-9,11-12H2,1H3. The maximum atomic E-state index is 8.73. The van der Waals surface area contributed by atoms with Crippen molar-refractivity contribution in [1.82, 2.24) is 4.90 Å². The zero-order chi connectivity index (χ0) is 11.4. The Balaban J connectivity index is 1.84. The molecule has 0 amide bonds. The third-order valence-corrected chi connectivity index (χ3v) is 4.78. The fourth-order valence-electron chi connectivity index (χ4n) is 3.50. The van der Waals surface area contributed by atoms with Crippen molar-refractivity contribution in [3.05, 3.63) is 0 Å². The van der Waals surface area contributed by atoms with E-state index in [1.165, 1.54) is 58.0 Å². The smallest absolute Gasteiger partial charge is 0.0638 e. The van der Waals surface area contributed by atoms with Gasteiger partial charge in [0.1, 0.15) is 0 Å². The summed E-state index contributed by atoms with van der Waals surface area (Å²) in [6.07, 6.45) is 10.7. The first-order valence-electron chi connectivity index (χ1n) is 6.87. The minimum Gasteiger partial charge on any atom is -0.300 e. The van der Waals surface area contributed by atoms with Crippen molar-refractivity contribution in [3.63, 3.8) is 0 Å². The minimum absolute atomic E-state index is 0.464.